The van der Waals surface area contributed by atoms with Crippen LogP contribution in [0.3, 0.4) is 0 Å². The smallest absolute Gasteiger partial charge is 0.420 e. The topological polar surface area (TPSA) is 51.5 Å². The van der Waals surface area contributed by atoms with Crippen LogP contribution in [0.15, 0.2) is 12.1 Å². The van der Waals surface area contributed by atoms with Crippen molar-refractivity contribution in [1.82, 2.24) is 4.57 Å². The number of carbonyl (C=O) groups excluding carboxylic acids is 1. The van der Waals surface area contributed by atoms with Gasteiger partial charge in [-0.1, -0.05) is 0 Å². The molecule has 0 aliphatic rings. The van der Waals surface area contributed by atoms with Crippen LogP contribution >= 0.6 is 0 Å². The van der Waals surface area contributed by atoms with Crippen LogP contribution in [0.25, 0.3) is 0 Å². The first-order valence-electron chi connectivity index (χ1n) is 4.27. The highest BCUT2D eigenvalue weighted by Gasteiger charge is 2.41. The predicted molar refractivity (Wildman–Crippen MR) is 47.8 cm³/mol. The van der Waals surface area contributed by atoms with Crippen LogP contribution in [-0.4, -0.2) is 28.9 Å². The number of esters is 1. The molecular weight excluding hydrogens is 227 g/mol. The minimum Gasteiger partial charge on any atom is -0.464 e. The third-order valence-corrected chi connectivity index (χ3v) is 2.15. The van der Waals surface area contributed by atoms with Gasteiger partial charge < -0.3 is 14.4 Å². The summed E-state index contributed by atoms with van der Waals surface area (Å²) in [5.41, 5.74) is -0.464. The fourth-order valence-electron chi connectivity index (χ4n) is 1.28. The normalized spacial score (nSPS) is 13.6. The Bertz CT molecular complexity index is 397. The first-order valence-corrected chi connectivity index (χ1v) is 4.27. The number of methoxy groups -OCH3 is 1. The van der Waals surface area contributed by atoms with Crippen LogP contribution in [0.2, 0.25) is 0 Å². The molecule has 1 aromatic heterocycles. The molecule has 0 aliphatic carbocycles. The predicted octanol–water partition coefficient (Wildman–Crippen LogP) is 1.41. The second kappa shape index (κ2) is 4.17. The Hall–Kier alpha value is -1.50. The molecule has 0 aromatic carbocycles. The van der Waals surface area contributed by atoms with Crippen molar-refractivity contribution in [2.45, 2.75) is 12.3 Å². The molecule has 1 rings (SSSR count). The lowest BCUT2D eigenvalue weighted by Crippen LogP contribution is -2.23. The van der Waals surface area contributed by atoms with Gasteiger partial charge in [0.2, 0.25) is 0 Å². The number of halogens is 3. The van der Waals surface area contributed by atoms with E-state index >= 15 is 0 Å². The molecule has 0 spiro atoms. The number of aliphatic hydroxyl groups is 1. The average Bonchev–Trinajstić information content (AvgIpc) is 2.56. The standard InChI is InChI=1S/C9H10F3NO3/c1-13-5(7(14)9(10,11)12)3-4-6(13)8(15)16-2/h3-4,7,14H,1-2H3. The number of aromatic nitrogens is 1. The summed E-state index contributed by atoms with van der Waals surface area (Å²) in [6.07, 6.45) is -7.38. The summed E-state index contributed by atoms with van der Waals surface area (Å²) >= 11 is 0. The van der Waals surface area contributed by atoms with Gasteiger partial charge in [-0.15, -0.1) is 0 Å². The van der Waals surface area contributed by atoms with Crippen molar-refractivity contribution < 1.29 is 27.8 Å². The first kappa shape index (κ1) is 12.6. The molecule has 0 saturated carbocycles. The van der Waals surface area contributed by atoms with E-state index in [4.69, 9.17) is 5.11 Å². The molecule has 7 heteroatoms. The van der Waals surface area contributed by atoms with Crippen LogP contribution in [-0.2, 0) is 11.8 Å². The molecule has 1 atom stereocenters. The van der Waals surface area contributed by atoms with Gasteiger partial charge in [-0.05, 0) is 12.1 Å². The Morgan fingerprint density at radius 2 is 2.06 bits per heavy atom. The fourth-order valence-corrected chi connectivity index (χ4v) is 1.28. The van der Waals surface area contributed by atoms with Crippen molar-refractivity contribution in [1.29, 1.82) is 0 Å². The van der Waals surface area contributed by atoms with Crippen molar-refractivity contribution in [3.05, 3.63) is 23.5 Å². The van der Waals surface area contributed by atoms with E-state index in [1.54, 1.807) is 0 Å². The summed E-state index contributed by atoms with van der Waals surface area (Å²) in [4.78, 5) is 11.1. The fraction of sp³-hybridized carbons (Fsp3) is 0.444. The van der Waals surface area contributed by atoms with Gasteiger partial charge in [0, 0.05) is 7.05 Å². The highest BCUT2D eigenvalue weighted by Crippen LogP contribution is 2.32. The van der Waals surface area contributed by atoms with Crippen molar-refractivity contribution in [2.24, 2.45) is 7.05 Å². The second-order valence-electron chi connectivity index (χ2n) is 3.14. The lowest BCUT2D eigenvalue weighted by atomic mass is 10.2. The molecule has 0 saturated heterocycles. The third kappa shape index (κ3) is 2.19. The SMILES string of the molecule is COC(=O)c1ccc(C(O)C(F)(F)F)n1C. The maximum atomic E-state index is 12.2. The molecule has 90 valence electrons. The molecule has 1 N–H and O–H groups in total. The quantitative estimate of drug-likeness (QED) is 0.791. The molecule has 1 unspecified atom stereocenters. The minimum absolute atomic E-state index is 0.0548. The van der Waals surface area contributed by atoms with Gasteiger partial charge in [0.15, 0.2) is 6.10 Å². The molecule has 1 heterocycles. The van der Waals surface area contributed by atoms with Gasteiger partial charge >= 0.3 is 12.1 Å². The number of rotatable bonds is 2. The molecule has 0 radical (unpaired) electrons. The molecule has 1 aromatic rings. The molecule has 4 nitrogen and oxygen atoms in total. The van der Waals surface area contributed by atoms with E-state index in [2.05, 4.69) is 4.74 Å². The van der Waals surface area contributed by atoms with Crippen molar-refractivity contribution in [3.8, 4) is 0 Å². The van der Waals surface area contributed by atoms with E-state index in [1.165, 1.54) is 7.05 Å². The average molecular weight is 237 g/mol. The van der Waals surface area contributed by atoms with E-state index in [9.17, 15) is 18.0 Å². The highest BCUT2D eigenvalue weighted by atomic mass is 19.4. The van der Waals surface area contributed by atoms with E-state index in [1.807, 2.05) is 0 Å². The monoisotopic (exact) mass is 237 g/mol. The Morgan fingerprint density at radius 3 is 2.50 bits per heavy atom. The number of ether oxygens (including phenoxy) is 1. The summed E-state index contributed by atoms with van der Waals surface area (Å²) in [7, 11) is 2.37. The number of hydrogen-bond donors (Lipinski definition) is 1. The van der Waals surface area contributed by atoms with Crippen LogP contribution < -0.4 is 0 Å². The summed E-state index contributed by atoms with van der Waals surface area (Å²) in [5.74, 6) is -0.761. The van der Waals surface area contributed by atoms with Crippen molar-refractivity contribution in [2.75, 3.05) is 7.11 Å². The van der Waals surface area contributed by atoms with E-state index in [0.717, 1.165) is 23.8 Å². The van der Waals surface area contributed by atoms with Gasteiger partial charge in [-0.2, -0.15) is 13.2 Å². The van der Waals surface area contributed by atoms with Gasteiger partial charge in [0.05, 0.1) is 12.8 Å². The molecule has 0 aliphatic heterocycles. The minimum atomic E-state index is -4.76. The van der Waals surface area contributed by atoms with Crippen LogP contribution in [0, 0.1) is 0 Å². The second-order valence-corrected chi connectivity index (χ2v) is 3.14. The Kier molecular flexibility index (Phi) is 3.27. The molecular formula is C9H10F3NO3. The van der Waals surface area contributed by atoms with E-state index < -0.39 is 23.9 Å². The summed E-state index contributed by atoms with van der Waals surface area (Å²) < 4.78 is 42.0. The Balaban J connectivity index is 3.10. The zero-order chi connectivity index (χ0) is 12.5. The lowest BCUT2D eigenvalue weighted by molar-refractivity contribution is -0.208. The van der Waals surface area contributed by atoms with Crippen LogP contribution in [0.1, 0.15) is 22.3 Å². The first-order chi connectivity index (χ1) is 7.29. The lowest BCUT2D eigenvalue weighted by Gasteiger charge is -2.15. The van der Waals surface area contributed by atoms with Crippen molar-refractivity contribution >= 4 is 5.97 Å². The maximum absolute atomic E-state index is 12.2. The molecule has 0 fully saturated rings. The zero-order valence-corrected chi connectivity index (χ0v) is 8.58. The number of carbonyl (C=O) groups is 1. The van der Waals surface area contributed by atoms with Gasteiger partial charge in [0.25, 0.3) is 0 Å². The molecule has 16 heavy (non-hydrogen) atoms. The number of aliphatic hydroxyl groups excluding tert-OH is 1. The number of nitrogens with zero attached hydrogens (tertiary/aromatic N) is 1. The van der Waals surface area contributed by atoms with Gasteiger partial charge in [0.1, 0.15) is 5.69 Å². The van der Waals surface area contributed by atoms with E-state index in [-0.39, 0.29) is 5.69 Å². The summed E-state index contributed by atoms with van der Waals surface area (Å²) in [6.45, 7) is 0. The Labute approximate surface area is 89.2 Å². The van der Waals surface area contributed by atoms with Crippen LogP contribution in [0.5, 0.6) is 0 Å². The highest BCUT2D eigenvalue weighted by molar-refractivity contribution is 5.87. The zero-order valence-electron chi connectivity index (χ0n) is 8.58. The van der Waals surface area contributed by atoms with Crippen molar-refractivity contribution in [3.63, 3.8) is 0 Å². The van der Waals surface area contributed by atoms with Gasteiger partial charge in [-0.3, -0.25) is 0 Å². The van der Waals surface area contributed by atoms with Crippen LogP contribution in [0.4, 0.5) is 13.2 Å². The maximum Gasteiger partial charge on any atom is 0.420 e. The third-order valence-electron chi connectivity index (χ3n) is 2.15. The Morgan fingerprint density at radius 1 is 1.50 bits per heavy atom. The number of alkyl halides is 3. The van der Waals surface area contributed by atoms with Gasteiger partial charge in [-0.25, -0.2) is 4.79 Å². The number of hydrogen-bond acceptors (Lipinski definition) is 3. The summed E-state index contributed by atoms with van der Waals surface area (Å²) in [6, 6.07) is 2.19. The largest absolute Gasteiger partial charge is 0.464 e. The summed E-state index contributed by atoms with van der Waals surface area (Å²) in [5, 5.41) is 9.01. The molecule has 0 bridgehead atoms. The van der Waals surface area contributed by atoms with E-state index in [0.29, 0.717) is 0 Å². The molecule has 0 amide bonds.